The van der Waals surface area contributed by atoms with Crippen LogP contribution in [0.1, 0.15) is 44.1 Å². The number of hydrogen-bond acceptors (Lipinski definition) is 5. The first-order chi connectivity index (χ1) is 18.4. The molecule has 1 fully saturated rings. The van der Waals surface area contributed by atoms with Gasteiger partial charge in [0, 0.05) is 24.5 Å². The Morgan fingerprint density at radius 2 is 1.95 bits per heavy atom. The van der Waals surface area contributed by atoms with Gasteiger partial charge < -0.3 is 14.7 Å². The number of carbonyl (C=O) groups is 1. The molecular formula is C30H36F2N2O3S. The van der Waals surface area contributed by atoms with E-state index in [9.17, 15) is 18.7 Å². The molecule has 1 saturated heterocycles. The van der Waals surface area contributed by atoms with Crippen LogP contribution in [-0.2, 0) is 11.2 Å². The van der Waals surface area contributed by atoms with Crippen LogP contribution in [0.15, 0.2) is 53.6 Å². The van der Waals surface area contributed by atoms with Crippen LogP contribution in [0.2, 0.25) is 0 Å². The number of aryl methyl sites for hydroxylation is 1. The van der Waals surface area contributed by atoms with Crippen LogP contribution in [0.5, 0.6) is 5.75 Å². The minimum Gasteiger partial charge on any atom is -0.497 e. The first-order valence-corrected chi connectivity index (χ1v) is 14.4. The second-order valence-electron chi connectivity index (χ2n) is 10.0. The third kappa shape index (κ3) is 7.67. The van der Waals surface area contributed by atoms with E-state index < -0.39 is 17.6 Å². The summed E-state index contributed by atoms with van der Waals surface area (Å²) in [6.07, 6.45) is 7.65. The fraction of sp³-hybridized carbons (Fsp3) is 0.467. The molecule has 0 bridgehead atoms. The van der Waals surface area contributed by atoms with Gasteiger partial charge in [-0.25, -0.2) is 8.78 Å². The average Bonchev–Trinajstić information content (AvgIpc) is 2.91. The number of carboxylic acids is 1. The Balaban J connectivity index is 1.29. The van der Waals surface area contributed by atoms with Gasteiger partial charge in [0.25, 0.3) is 0 Å². The number of ether oxygens (including phenoxy) is 1. The molecule has 3 aromatic rings. The summed E-state index contributed by atoms with van der Waals surface area (Å²) < 4.78 is 33.1. The third-order valence-corrected chi connectivity index (χ3v) is 8.72. The first kappa shape index (κ1) is 28.3. The number of halogens is 2. The molecule has 1 aliphatic rings. The number of nitrogens with zero attached hydrogens (tertiary/aromatic N) is 2. The van der Waals surface area contributed by atoms with Crippen molar-refractivity contribution in [1.29, 1.82) is 0 Å². The lowest BCUT2D eigenvalue weighted by molar-refractivity contribution is -0.137. The first-order valence-electron chi connectivity index (χ1n) is 13.4. The molecule has 2 aromatic carbocycles. The van der Waals surface area contributed by atoms with Crippen molar-refractivity contribution in [1.82, 2.24) is 9.88 Å². The molecule has 0 aliphatic carbocycles. The van der Waals surface area contributed by atoms with Crippen LogP contribution in [0.25, 0.3) is 10.9 Å². The molecule has 1 N–H and O–H groups in total. The van der Waals surface area contributed by atoms with Gasteiger partial charge in [-0.1, -0.05) is 6.07 Å². The summed E-state index contributed by atoms with van der Waals surface area (Å²) in [5.41, 5.74) is 2.23. The van der Waals surface area contributed by atoms with Crippen LogP contribution in [0.3, 0.4) is 0 Å². The number of aliphatic carboxylic acids is 1. The molecule has 38 heavy (non-hydrogen) atoms. The Kier molecular flexibility index (Phi) is 10.4. The topological polar surface area (TPSA) is 62.7 Å². The number of hydrogen-bond donors (Lipinski definition) is 1. The molecule has 204 valence electrons. The number of methoxy groups -OCH3 is 1. The summed E-state index contributed by atoms with van der Waals surface area (Å²) in [7, 11) is 1.67. The quantitative estimate of drug-likeness (QED) is 0.189. The minimum atomic E-state index is -0.749. The van der Waals surface area contributed by atoms with E-state index in [1.165, 1.54) is 35.5 Å². The Bertz CT molecular complexity index is 1210. The molecule has 1 aromatic heterocycles. The molecule has 2 heterocycles. The summed E-state index contributed by atoms with van der Waals surface area (Å²) in [6.45, 7) is 2.71. The van der Waals surface area contributed by atoms with Crippen LogP contribution in [-0.4, -0.2) is 53.5 Å². The molecular weight excluding hydrogens is 506 g/mol. The van der Waals surface area contributed by atoms with E-state index in [-0.39, 0.29) is 11.3 Å². The minimum absolute atomic E-state index is 0.0889. The van der Waals surface area contributed by atoms with E-state index in [1.807, 2.05) is 24.4 Å². The van der Waals surface area contributed by atoms with Gasteiger partial charge in [0.15, 0.2) is 0 Å². The van der Waals surface area contributed by atoms with Gasteiger partial charge in [0.05, 0.1) is 17.5 Å². The van der Waals surface area contributed by atoms with E-state index in [2.05, 4.69) is 16.0 Å². The Morgan fingerprint density at radius 1 is 1.13 bits per heavy atom. The predicted octanol–water partition coefficient (Wildman–Crippen LogP) is 6.83. The monoisotopic (exact) mass is 542 g/mol. The number of piperidine rings is 1. The number of likely N-dealkylation sites (tertiary alicyclic amines) is 1. The Morgan fingerprint density at radius 3 is 2.71 bits per heavy atom. The zero-order valence-corrected chi connectivity index (χ0v) is 22.7. The maximum atomic E-state index is 13.9. The second-order valence-corrected chi connectivity index (χ2v) is 11.1. The predicted molar refractivity (Wildman–Crippen MR) is 148 cm³/mol. The van der Waals surface area contributed by atoms with Gasteiger partial charge in [-0.3, -0.25) is 9.78 Å². The fourth-order valence-electron chi connectivity index (χ4n) is 5.54. The Labute approximate surface area is 227 Å². The number of rotatable bonds is 13. The third-order valence-electron chi connectivity index (χ3n) is 7.55. The van der Waals surface area contributed by atoms with Crippen LogP contribution in [0, 0.1) is 23.5 Å². The van der Waals surface area contributed by atoms with Gasteiger partial charge in [-0.2, -0.15) is 0 Å². The van der Waals surface area contributed by atoms with Crippen molar-refractivity contribution in [3.63, 3.8) is 0 Å². The molecule has 0 amide bonds. The highest BCUT2D eigenvalue weighted by molar-refractivity contribution is 7.99. The number of pyridine rings is 1. The van der Waals surface area contributed by atoms with E-state index >= 15 is 0 Å². The van der Waals surface area contributed by atoms with Crippen molar-refractivity contribution in [2.75, 3.05) is 32.5 Å². The van der Waals surface area contributed by atoms with Gasteiger partial charge in [-0.15, -0.1) is 11.8 Å². The maximum Gasteiger partial charge on any atom is 0.303 e. The highest BCUT2D eigenvalue weighted by atomic mass is 32.2. The van der Waals surface area contributed by atoms with Crippen molar-refractivity contribution in [2.24, 2.45) is 11.8 Å². The molecule has 4 rings (SSSR count). The molecule has 0 spiro atoms. The smallest absolute Gasteiger partial charge is 0.303 e. The lowest BCUT2D eigenvalue weighted by atomic mass is 9.79. The number of thioether (sulfide) groups is 1. The molecule has 0 unspecified atom stereocenters. The van der Waals surface area contributed by atoms with Crippen LogP contribution < -0.4 is 4.74 Å². The summed E-state index contributed by atoms with van der Waals surface area (Å²) in [6, 6.07) is 12.0. The molecule has 8 heteroatoms. The number of aromatic nitrogens is 1. The second kappa shape index (κ2) is 13.9. The number of fused-ring (bicyclic) bond motifs is 1. The van der Waals surface area contributed by atoms with E-state index in [0.29, 0.717) is 24.0 Å². The summed E-state index contributed by atoms with van der Waals surface area (Å²) in [5.74, 6) is 0.530. The summed E-state index contributed by atoms with van der Waals surface area (Å²) >= 11 is 1.22. The highest BCUT2D eigenvalue weighted by Gasteiger charge is 2.29. The zero-order chi connectivity index (χ0) is 26.9. The van der Waals surface area contributed by atoms with Crippen molar-refractivity contribution >= 4 is 28.6 Å². The van der Waals surface area contributed by atoms with Gasteiger partial charge >= 0.3 is 5.97 Å². The molecule has 2 atom stereocenters. The van der Waals surface area contributed by atoms with Gasteiger partial charge in [-0.05, 0) is 111 Å². The summed E-state index contributed by atoms with van der Waals surface area (Å²) in [5, 5.41) is 10.4. The maximum absolute atomic E-state index is 13.9. The normalized spacial score (nSPS) is 18.1. The molecule has 0 saturated carbocycles. The van der Waals surface area contributed by atoms with E-state index in [0.717, 1.165) is 68.4 Å². The van der Waals surface area contributed by atoms with Crippen molar-refractivity contribution in [3.8, 4) is 5.75 Å². The fourth-order valence-corrected chi connectivity index (χ4v) is 6.43. The molecule has 0 radical (unpaired) electrons. The number of carboxylic acid groups (broad SMARTS) is 1. The number of benzene rings is 2. The molecule has 5 nitrogen and oxygen atoms in total. The van der Waals surface area contributed by atoms with Crippen molar-refractivity contribution in [3.05, 3.63) is 65.9 Å². The van der Waals surface area contributed by atoms with Crippen molar-refractivity contribution < 1.29 is 23.4 Å². The highest BCUT2D eigenvalue weighted by Crippen LogP contribution is 2.33. The van der Waals surface area contributed by atoms with Crippen LogP contribution >= 0.6 is 11.8 Å². The standard InChI is InChI=1S/C30H36F2N2O3S/c1-37-24-10-11-28-25(19-24)22(13-15-33-28)6-2-5-21-14-17-34(20-23(21)9-12-29(35)36)16-4-18-38-30-26(31)7-3-8-27(30)32/h3,7-8,10-11,13,15,19,21,23H,2,4-6,9,12,14,16-18,20H2,1H3,(H,35,36)/t21-,23+/m1/s1. The van der Waals surface area contributed by atoms with E-state index in [4.69, 9.17) is 4.74 Å². The Hall–Kier alpha value is -2.71. The largest absolute Gasteiger partial charge is 0.497 e. The molecule has 1 aliphatic heterocycles. The van der Waals surface area contributed by atoms with E-state index in [1.54, 1.807) is 7.11 Å². The summed E-state index contributed by atoms with van der Waals surface area (Å²) in [4.78, 5) is 18.3. The lowest BCUT2D eigenvalue weighted by Gasteiger charge is -2.39. The van der Waals surface area contributed by atoms with Crippen molar-refractivity contribution in [2.45, 2.75) is 49.8 Å². The average molecular weight is 543 g/mol. The lowest BCUT2D eigenvalue weighted by Crippen LogP contribution is -2.41. The van der Waals surface area contributed by atoms with Crippen LogP contribution in [0.4, 0.5) is 8.78 Å². The SMILES string of the molecule is COc1ccc2nccc(CCC[C@@H]3CCN(CCCSc4c(F)cccc4F)C[C@@H]3CCC(=O)O)c2c1. The van der Waals surface area contributed by atoms with Gasteiger partial charge in [0.2, 0.25) is 0 Å². The van der Waals surface area contributed by atoms with Gasteiger partial charge in [0.1, 0.15) is 17.4 Å². The zero-order valence-electron chi connectivity index (χ0n) is 21.9.